The van der Waals surface area contributed by atoms with Crippen LogP contribution in [0.4, 0.5) is 0 Å². The summed E-state index contributed by atoms with van der Waals surface area (Å²) in [6.45, 7) is 20.3. The van der Waals surface area contributed by atoms with Crippen LogP contribution in [0, 0.1) is 16.7 Å². The summed E-state index contributed by atoms with van der Waals surface area (Å²) in [7, 11) is -1.40. The van der Waals surface area contributed by atoms with E-state index in [1.807, 2.05) is 44.2 Å². The standard InChI is InChI=1S/C28H42O5Si/c1-20-16-24-28(23(29)17-26(3,4)33-24,25(30)32-14-15-34(6,7)8)21(2)27(20,5)19-31-18-22-12-10-9-11-13-22/h9-13,20,24H,2,14-19H2,1,3-8H3/t20-,24-,27+,28+/m1/s1. The summed E-state index contributed by atoms with van der Waals surface area (Å²) in [6, 6.07) is 10.8. The number of hydrogen-bond donors (Lipinski definition) is 0. The second-order valence-corrected chi connectivity index (χ2v) is 17.9. The van der Waals surface area contributed by atoms with E-state index >= 15 is 0 Å². The maximum absolute atomic E-state index is 13.8. The van der Waals surface area contributed by atoms with Crippen molar-refractivity contribution in [3.63, 3.8) is 0 Å². The maximum Gasteiger partial charge on any atom is 0.326 e. The monoisotopic (exact) mass is 486 g/mol. The number of ketones is 1. The van der Waals surface area contributed by atoms with Crippen LogP contribution in [-0.4, -0.2) is 44.7 Å². The Morgan fingerprint density at radius 3 is 2.44 bits per heavy atom. The van der Waals surface area contributed by atoms with Crippen LogP contribution in [0.2, 0.25) is 25.7 Å². The Hall–Kier alpha value is -1.76. The molecule has 0 aromatic heterocycles. The zero-order valence-electron chi connectivity index (χ0n) is 22.0. The molecule has 1 heterocycles. The van der Waals surface area contributed by atoms with Crippen molar-refractivity contribution >= 4 is 19.8 Å². The van der Waals surface area contributed by atoms with Gasteiger partial charge in [-0.3, -0.25) is 9.59 Å². The molecule has 5 nitrogen and oxygen atoms in total. The van der Waals surface area contributed by atoms with Gasteiger partial charge < -0.3 is 14.2 Å². The molecule has 1 saturated carbocycles. The third-order valence-electron chi connectivity index (χ3n) is 7.71. The first-order valence-electron chi connectivity index (χ1n) is 12.4. The molecule has 2 fully saturated rings. The zero-order valence-corrected chi connectivity index (χ0v) is 23.0. The molecule has 1 saturated heterocycles. The third-order valence-corrected chi connectivity index (χ3v) is 9.42. The number of hydrogen-bond acceptors (Lipinski definition) is 5. The van der Waals surface area contributed by atoms with E-state index in [0.29, 0.717) is 31.8 Å². The highest BCUT2D eigenvalue weighted by Gasteiger charge is 2.67. The molecule has 0 unspecified atom stereocenters. The molecule has 4 atom stereocenters. The lowest BCUT2D eigenvalue weighted by Gasteiger charge is -2.57. The van der Waals surface area contributed by atoms with Gasteiger partial charge in [-0.05, 0) is 43.4 Å². The summed E-state index contributed by atoms with van der Waals surface area (Å²) >= 11 is 0. The molecule has 1 aromatic rings. The second-order valence-electron chi connectivity index (χ2n) is 12.2. The molecule has 2 aliphatic rings. The highest BCUT2D eigenvalue weighted by Crippen LogP contribution is 2.58. The van der Waals surface area contributed by atoms with Crippen LogP contribution < -0.4 is 0 Å². The molecule has 0 bridgehead atoms. The van der Waals surface area contributed by atoms with E-state index in [2.05, 4.69) is 40.1 Å². The van der Waals surface area contributed by atoms with Gasteiger partial charge in [0.25, 0.3) is 0 Å². The van der Waals surface area contributed by atoms with E-state index in [-0.39, 0.29) is 18.1 Å². The van der Waals surface area contributed by atoms with Gasteiger partial charge in [-0.25, -0.2) is 0 Å². The van der Waals surface area contributed by atoms with Crippen LogP contribution in [0.1, 0.15) is 46.1 Å². The Bertz CT molecular complexity index is 918. The Kier molecular flexibility index (Phi) is 7.66. The highest BCUT2D eigenvalue weighted by atomic mass is 28.3. The van der Waals surface area contributed by atoms with Crippen molar-refractivity contribution < 1.29 is 23.8 Å². The van der Waals surface area contributed by atoms with E-state index in [4.69, 9.17) is 14.2 Å². The van der Waals surface area contributed by atoms with E-state index < -0.39 is 36.6 Å². The summed E-state index contributed by atoms with van der Waals surface area (Å²) in [6.07, 6.45) is 0.150. The number of ether oxygens (including phenoxy) is 3. The minimum Gasteiger partial charge on any atom is -0.465 e. The van der Waals surface area contributed by atoms with E-state index in [1.54, 1.807) is 0 Å². The lowest BCUT2D eigenvalue weighted by atomic mass is 9.51. The normalized spacial score (nSPS) is 31.1. The molecule has 1 aliphatic heterocycles. The minimum absolute atomic E-state index is 0.116. The van der Waals surface area contributed by atoms with Crippen LogP contribution >= 0.6 is 0 Å². The number of carbonyl (C=O) groups excluding carboxylic acids is 2. The number of Topliss-reactive ketones (excluding diaryl/α,β-unsaturated/α-hetero) is 1. The molecule has 1 aliphatic carbocycles. The smallest absolute Gasteiger partial charge is 0.326 e. The first-order valence-corrected chi connectivity index (χ1v) is 16.1. The van der Waals surface area contributed by atoms with Crippen molar-refractivity contribution in [1.82, 2.24) is 0 Å². The molecule has 0 amide bonds. The van der Waals surface area contributed by atoms with Gasteiger partial charge in [-0.15, -0.1) is 0 Å². The summed E-state index contributed by atoms with van der Waals surface area (Å²) in [5, 5.41) is 0. The molecule has 188 valence electrons. The van der Waals surface area contributed by atoms with Gasteiger partial charge in [-0.1, -0.05) is 70.4 Å². The first-order chi connectivity index (χ1) is 15.7. The predicted molar refractivity (Wildman–Crippen MR) is 137 cm³/mol. The van der Waals surface area contributed by atoms with Crippen LogP contribution in [0.25, 0.3) is 0 Å². The van der Waals surface area contributed by atoms with Gasteiger partial charge in [0.15, 0.2) is 11.2 Å². The lowest BCUT2D eigenvalue weighted by Crippen LogP contribution is -2.65. The SMILES string of the molecule is C=C1[C@]2(C(=O)OCC[Si](C)(C)C)C(=O)CC(C)(C)O[C@@H]2C[C@@H](C)[C@]1(C)COCc1ccccc1. The van der Waals surface area contributed by atoms with Gasteiger partial charge in [0, 0.05) is 19.9 Å². The maximum atomic E-state index is 13.8. The number of carbonyl (C=O) groups is 2. The summed E-state index contributed by atoms with van der Waals surface area (Å²) < 4.78 is 18.4. The van der Waals surface area contributed by atoms with Crippen molar-refractivity contribution in [2.75, 3.05) is 13.2 Å². The first kappa shape index (κ1) is 26.8. The molecule has 0 radical (unpaired) electrons. The average molecular weight is 487 g/mol. The van der Waals surface area contributed by atoms with Crippen molar-refractivity contribution in [1.29, 1.82) is 0 Å². The molecular formula is C28H42O5Si. The second kappa shape index (κ2) is 9.71. The van der Waals surface area contributed by atoms with E-state index in [9.17, 15) is 9.59 Å². The number of benzene rings is 1. The molecular weight excluding hydrogens is 444 g/mol. The molecule has 0 N–H and O–H groups in total. The Labute approximate surface area is 206 Å². The van der Waals surface area contributed by atoms with Gasteiger partial charge in [0.05, 0.1) is 31.5 Å². The largest absolute Gasteiger partial charge is 0.465 e. The number of fused-ring (bicyclic) bond motifs is 1. The quantitative estimate of drug-likeness (QED) is 0.201. The molecule has 34 heavy (non-hydrogen) atoms. The molecule has 0 spiro atoms. The van der Waals surface area contributed by atoms with Crippen molar-refractivity contribution in [2.24, 2.45) is 16.7 Å². The Morgan fingerprint density at radius 2 is 1.82 bits per heavy atom. The number of esters is 1. The molecule has 1 aromatic carbocycles. The summed E-state index contributed by atoms with van der Waals surface area (Å²) in [5.41, 5.74) is -1.01. The lowest BCUT2D eigenvalue weighted by molar-refractivity contribution is -0.206. The van der Waals surface area contributed by atoms with Gasteiger partial charge >= 0.3 is 5.97 Å². The van der Waals surface area contributed by atoms with Gasteiger partial charge in [0.2, 0.25) is 0 Å². The fraction of sp³-hybridized carbons (Fsp3) is 0.643. The number of rotatable bonds is 8. The average Bonchev–Trinajstić information content (AvgIpc) is 2.71. The minimum atomic E-state index is -1.48. The summed E-state index contributed by atoms with van der Waals surface area (Å²) in [4.78, 5) is 27.5. The van der Waals surface area contributed by atoms with Crippen LogP contribution in [-0.2, 0) is 30.4 Å². The van der Waals surface area contributed by atoms with E-state index in [0.717, 1.165) is 11.6 Å². The highest BCUT2D eigenvalue weighted by molar-refractivity contribution is 6.76. The van der Waals surface area contributed by atoms with Crippen LogP contribution in [0.3, 0.4) is 0 Å². The van der Waals surface area contributed by atoms with E-state index in [1.165, 1.54) is 0 Å². The van der Waals surface area contributed by atoms with Crippen molar-refractivity contribution in [2.45, 2.75) is 84.5 Å². The predicted octanol–water partition coefficient (Wildman–Crippen LogP) is 5.81. The summed E-state index contributed by atoms with van der Waals surface area (Å²) in [5.74, 6) is -0.522. The zero-order chi connectivity index (χ0) is 25.4. The van der Waals surface area contributed by atoms with Crippen molar-refractivity contribution in [3.05, 3.63) is 48.0 Å². The van der Waals surface area contributed by atoms with Crippen LogP contribution in [0.5, 0.6) is 0 Å². The van der Waals surface area contributed by atoms with Gasteiger partial charge in [0.1, 0.15) is 0 Å². The molecule has 6 heteroatoms. The Balaban J connectivity index is 1.89. The third kappa shape index (κ3) is 5.24. The fourth-order valence-electron chi connectivity index (χ4n) is 5.25. The van der Waals surface area contributed by atoms with Gasteiger partial charge in [-0.2, -0.15) is 0 Å². The topological polar surface area (TPSA) is 61.8 Å². The Morgan fingerprint density at radius 1 is 1.18 bits per heavy atom. The fourth-order valence-corrected chi connectivity index (χ4v) is 5.97. The molecule has 3 rings (SSSR count). The van der Waals surface area contributed by atoms with Crippen LogP contribution in [0.15, 0.2) is 42.5 Å². The van der Waals surface area contributed by atoms with Crippen molar-refractivity contribution in [3.8, 4) is 0 Å².